The number of rotatable bonds is 22. The van der Waals surface area contributed by atoms with Crippen LogP contribution in [-0.4, -0.2) is 91.8 Å². The fourth-order valence-corrected chi connectivity index (χ4v) is 4.18. The van der Waals surface area contributed by atoms with E-state index in [-0.39, 0.29) is 28.2 Å². The lowest BCUT2D eigenvalue weighted by Crippen LogP contribution is -2.70. The molecule has 72 heavy (non-hydrogen) atoms. The van der Waals surface area contributed by atoms with Crippen molar-refractivity contribution >= 4 is 17.9 Å². The number of halogens is 13. The van der Waals surface area contributed by atoms with Crippen molar-refractivity contribution in [3.63, 3.8) is 0 Å². The quantitative estimate of drug-likeness (QED) is 0.0213. The summed E-state index contributed by atoms with van der Waals surface area (Å²) < 4.78 is 191. The number of carbonyl (C=O) groups excluding carboxylic acids is 3. The van der Waals surface area contributed by atoms with E-state index in [1.54, 1.807) is 90.3 Å². The first-order valence-electron chi connectivity index (χ1n) is 19.8. The lowest BCUT2D eigenvalue weighted by atomic mass is 9.93. The second-order valence-electron chi connectivity index (χ2n) is 15.4. The molecule has 0 bridgehead atoms. The SMILES string of the molecule is C.C.C.C=C(C)C(=O)OCCC(F)(F)C(F)(F)C(F)(F)C(F)(F)C(F)(F)C(F)(F)F.C=C(C)C(=O)OCCCCCCOc1ccc(C(=O)Oc2ccc(OC)cc2)cc1.[C-]#[N+]C(C)(C)N=NC(C)(C)C#N. The van der Waals surface area contributed by atoms with Crippen LogP contribution in [0.15, 0.2) is 83.1 Å². The number of alkyl halides is 13. The van der Waals surface area contributed by atoms with Gasteiger partial charge >= 0.3 is 59.4 Å². The second kappa shape index (κ2) is 29.8. The van der Waals surface area contributed by atoms with E-state index in [2.05, 4.69) is 33.0 Å². The molecule has 25 heteroatoms. The first-order valence-corrected chi connectivity index (χ1v) is 19.8. The summed E-state index contributed by atoms with van der Waals surface area (Å²) in [6, 6.07) is 15.7. The lowest BCUT2D eigenvalue weighted by molar-refractivity contribution is -0.440. The average molecular weight is 1060 g/mol. The molecule has 0 aliphatic heterocycles. The molecule has 2 aromatic carbocycles. The summed E-state index contributed by atoms with van der Waals surface area (Å²) in [5.74, 6) is -37.6. The smallest absolute Gasteiger partial charge is 0.460 e. The maximum atomic E-state index is 13.3. The van der Waals surface area contributed by atoms with Crippen molar-refractivity contribution in [1.82, 2.24) is 0 Å². The Morgan fingerprint density at radius 3 is 1.46 bits per heavy atom. The summed E-state index contributed by atoms with van der Waals surface area (Å²) in [4.78, 5) is 37.5. The first kappa shape index (κ1) is 72.1. The highest BCUT2D eigenvalue weighted by molar-refractivity contribution is 5.91. The van der Waals surface area contributed by atoms with Crippen LogP contribution in [0.25, 0.3) is 4.85 Å². The molecule has 0 atom stereocenters. The van der Waals surface area contributed by atoms with Gasteiger partial charge in [-0.25, -0.2) is 21.0 Å². The Morgan fingerprint density at radius 1 is 0.625 bits per heavy atom. The number of benzene rings is 2. The third-order valence-corrected chi connectivity index (χ3v) is 8.34. The molecule has 0 unspecified atom stereocenters. The minimum Gasteiger partial charge on any atom is -0.497 e. The molecule has 0 amide bonds. The minimum atomic E-state index is -7.94. The van der Waals surface area contributed by atoms with Gasteiger partial charge in [0.1, 0.15) is 17.2 Å². The Kier molecular flexibility index (Phi) is 29.9. The Bertz CT molecular complexity index is 2120. The molecule has 0 saturated carbocycles. The van der Waals surface area contributed by atoms with E-state index in [1.807, 2.05) is 6.07 Å². The van der Waals surface area contributed by atoms with Crippen LogP contribution in [0.2, 0.25) is 0 Å². The summed E-state index contributed by atoms with van der Waals surface area (Å²) in [6.45, 7) is 21.6. The zero-order chi connectivity index (χ0) is 53.9. The van der Waals surface area contributed by atoms with Crippen molar-refractivity contribution in [2.75, 3.05) is 26.9 Å². The molecule has 0 N–H and O–H groups in total. The number of azo groups is 1. The van der Waals surface area contributed by atoms with Crippen molar-refractivity contribution in [3.05, 3.63) is 89.8 Å². The molecule has 0 aliphatic rings. The third kappa shape index (κ3) is 21.5. The maximum Gasteiger partial charge on any atom is 0.460 e. The molecule has 2 rings (SSSR count). The van der Waals surface area contributed by atoms with E-state index in [0.717, 1.165) is 32.6 Å². The molecule has 0 spiro atoms. The number of carbonyl (C=O) groups is 3. The van der Waals surface area contributed by atoms with Crippen molar-refractivity contribution in [1.29, 1.82) is 5.26 Å². The number of ether oxygens (including phenoxy) is 5. The molecule has 0 aliphatic carbocycles. The number of esters is 3. The highest BCUT2D eigenvalue weighted by Gasteiger charge is 2.90. The number of nitriles is 1. The van der Waals surface area contributed by atoms with Gasteiger partial charge in [-0.1, -0.05) is 35.4 Å². The van der Waals surface area contributed by atoms with Gasteiger partial charge in [0.15, 0.2) is 5.54 Å². The van der Waals surface area contributed by atoms with Crippen molar-refractivity contribution in [2.45, 2.75) is 143 Å². The van der Waals surface area contributed by atoms with Gasteiger partial charge in [-0.15, -0.1) is 5.11 Å². The lowest BCUT2D eigenvalue weighted by Gasteiger charge is -2.39. The van der Waals surface area contributed by atoms with Crippen molar-refractivity contribution < 1.29 is 95.1 Å². The van der Waals surface area contributed by atoms with Crippen molar-refractivity contribution in [3.8, 4) is 23.3 Å². The van der Waals surface area contributed by atoms with Crippen LogP contribution in [0.4, 0.5) is 57.1 Å². The van der Waals surface area contributed by atoms with Gasteiger partial charge in [-0.05, 0) is 102 Å². The minimum absolute atomic E-state index is 0. The molecule has 408 valence electrons. The topological polar surface area (TPSA) is 150 Å². The number of unbranched alkanes of at least 4 members (excludes halogenated alkanes) is 3. The Labute approximate surface area is 411 Å². The summed E-state index contributed by atoms with van der Waals surface area (Å²) in [5, 5.41) is 16.1. The van der Waals surface area contributed by atoms with E-state index >= 15 is 0 Å². The number of hydrogen-bond donors (Lipinski definition) is 0. The zero-order valence-electron chi connectivity index (χ0n) is 38.2. The van der Waals surface area contributed by atoms with Crippen LogP contribution in [-0.2, 0) is 19.1 Å². The first-order chi connectivity index (χ1) is 31.4. The van der Waals surface area contributed by atoms with Gasteiger partial charge in [0.25, 0.3) is 0 Å². The second-order valence-corrected chi connectivity index (χ2v) is 15.4. The molecule has 2 aromatic rings. The Balaban J connectivity index is -0.000000510. The van der Waals surface area contributed by atoms with Gasteiger partial charge < -0.3 is 23.7 Å². The molecular formula is C47H61F13N4O8. The molecule has 0 radical (unpaired) electrons. The zero-order valence-corrected chi connectivity index (χ0v) is 38.2. The Hall–Kier alpha value is -6.40. The maximum absolute atomic E-state index is 13.3. The number of nitrogens with zero attached hydrogens (tertiary/aromatic N) is 4. The molecule has 12 nitrogen and oxygen atoms in total. The summed E-state index contributed by atoms with van der Waals surface area (Å²) in [6.07, 6.45) is -6.38. The third-order valence-electron chi connectivity index (χ3n) is 8.34. The largest absolute Gasteiger partial charge is 0.497 e. The van der Waals surface area contributed by atoms with Crippen LogP contribution < -0.4 is 14.2 Å². The van der Waals surface area contributed by atoms with Crippen LogP contribution in [0.5, 0.6) is 17.2 Å². The summed E-state index contributed by atoms with van der Waals surface area (Å²) in [5.41, 5.74) is -1.28. The monoisotopic (exact) mass is 1060 g/mol. The molecular weight excluding hydrogens is 996 g/mol. The normalized spacial score (nSPS) is 11.9. The predicted octanol–water partition coefficient (Wildman–Crippen LogP) is 14.5. The van der Waals surface area contributed by atoms with Crippen LogP contribution in [0.1, 0.15) is 106 Å². The Morgan fingerprint density at radius 2 is 1.04 bits per heavy atom. The van der Waals surface area contributed by atoms with Gasteiger partial charge in [-0.2, -0.15) is 67.5 Å². The average Bonchev–Trinajstić information content (AvgIpc) is 3.26. The van der Waals surface area contributed by atoms with Crippen LogP contribution in [0.3, 0.4) is 0 Å². The highest BCUT2D eigenvalue weighted by Crippen LogP contribution is 2.60. The number of hydrogen-bond acceptors (Lipinski definition) is 11. The fourth-order valence-electron chi connectivity index (χ4n) is 4.18. The van der Waals surface area contributed by atoms with Crippen molar-refractivity contribution in [2.24, 2.45) is 10.2 Å². The van der Waals surface area contributed by atoms with E-state index in [9.17, 15) is 71.5 Å². The van der Waals surface area contributed by atoms with E-state index < -0.39 is 77.5 Å². The summed E-state index contributed by atoms with van der Waals surface area (Å²) in [7, 11) is 1.58. The van der Waals surface area contributed by atoms with Gasteiger partial charge in [-0.3, -0.25) is 4.85 Å². The molecule has 0 fully saturated rings. The van der Waals surface area contributed by atoms with E-state index in [4.69, 9.17) is 30.8 Å². The molecule has 0 aromatic heterocycles. The van der Waals surface area contributed by atoms with Gasteiger partial charge in [0.2, 0.25) is 0 Å². The molecule has 0 saturated heterocycles. The van der Waals surface area contributed by atoms with Crippen LogP contribution in [0, 0.1) is 17.9 Å². The summed E-state index contributed by atoms with van der Waals surface area (Å²) >= 11 is 0. The highest BCUT2D eigenvalue weighted by atomic mass is 19.4. The van der Waals surface area contributed by atoms with Gasteiger partial charge in [0, 0.05) is 25.0 Å². The molecule has 0 heterocycles. The van der Waals surface area contributed by atoms with Gasteiger partial charge in [0.05, 0.1) is 45.0 Å². The van der Waals surface area contributed by atoms with E-state index in [0.29, 0.717) is 41.6 Å². The van der Waals surface area contributed by atoms with Crippen LogP contribution >= 0.6 is 0 Å². The number of methoxy groups -OCH3 is 1. The predicted molar refractivity (Wildman–Crippen MR) is 241 cm³/mol. The standard InChI is InChI=1S/C24H28O6.C12H9F13O2.C8H12N4.3CH4/c1-18(2)23(25)29-17-7-5-4-6-16-28-21-10-8-19(9-11-21)24(26)30-22-14-12-20(27-3)13-15-22;1-5(2)6(26)27-4-3-7(13,14)8(15,16)9(17,18)10(19,20)11(21,22)12(23,24)25;1-7(2,6-9)11-12-8(3,4)10-5;;;/h8-15H,1,4-7,16-17H2,2-3H3;1,3-4H2,2H3;1-4H3;3*1H4. The van der Waals surface area contributed by atoms with E-state index in [1.165, 1.54) is 0 Å². The fraction of sp³-hybridized carbons (Fsp3) is 0.553.